The maximum absolute atomic E-state index is 12.7. The van der Waals surface area contributed by atoms with E-state index in [2.05, 4.69) is 17.6 Å². The third-order valence-electron chi connectivity index (χ3n) is 7.23. The Bertz CT molecular complexity index is 846. The molecule has 6 nitrogen and oxygen atoms in total. The van der Waals surface area contributed by atoms with Crippen molar-refractivity contribution < 1.29 is 14.7 Å². The zero-order valence-electron chi connectivity index (χ0n) is 16.6. The summed E-state index contributed by atoms with van der Waals surface area (Å²) in [5, 5.41) is 24.4. The first-order valence-electron chi connectivity index (χ1n) is 10.4. The number of nitrogens with one attached hydrogen (secondary N) is 2. The Morgan fingerprint density at radius 1 is 1.14 bits per heavy atom. The van der Waals surface area contributed by atoms with Crippen LogP contribution in [0.3, 0.4) is 0 Å². The fourth-order valence-corrected chi connectivity index (χ4v) is 6.15. The van der Waals surface area contributed by atoms with Gasteiger partial charge in [0, 0.05) is 17.9 Å². The van der Waals surface area contributed by atoms with E-state index in [1.54, 1.807) is 12.1 Å². The number of carboxylic acids is 1. The van der Waals surface area contributed by atoms with E-state index in [9.17, 15) is 14.9 Å². The van der Waals surface area contributed by atoms with Crippen LogP contribution in [0.4, 0.5) is 5.69 Å². The lowest BCUT2D eigenvalue weighted by atomic mass is 9.48. The Labute approximate surface area is 171 Å². The number of rotatable bonds is 6. The van der Waals surface area contributed by atoms with Crippen molar-refractivity contribution in [3.8, 4) is 6.07 Å². The van der Waals surface area contributed by atoms with Crippen LogP contribution in [-0.4, -0.2) is 23.0 Å². The molecule has 0 aromatic heterocycles. The van der Waals surface area contributed by atoms with Crippen LogP contribution in [0.2, 0.25) is 0 Å². The lowest BCUT2D eigenvalue weighted by molar-refractivity contribution is -0.122. The summed E-state index contributed by atoms with van der Waals surface area (Å²) in [6.45, 7) is 2.10. The molecule has 4 saturated carbocycles. The Kier molecular flexibility index (Phi) is 5.08. The van der Waals surface area contributed by atoms with Crippen molar-refractivity contribution in [3.05, 3.63) is 41.6 Å². The number of carboxylic acid groups (broad SMARTS) is 1. The molecule has 5 rings (SSSR count). The van der Waals surface area contributed by atoms with Gasteiger partial charge in [0.15, 0.2) is 0 Å². The molecule has 1 amide bonds. The molecular weight excluding hydrogens is 366 g/mol. The molecule has 0 saturated heterocycles. The SMILES string of the molecule is CC(NC(=O)/C(C#N)=C\Nc1ccc(C(=O)O)cc1)C12CC3CC(CC(C3)C1)C2. The number of hydrogen-bond donors (Lipinski definition) is 3. The highest BCUT2D eigenvalue weighted by atomic mass is 16.4. The van der Waals surface area contributed by atoms with E-state index in [4.69, 9.17) is 5.11 Å². The maximum Gasteiger partial charge on any atom is 0.335 e. The first kappa shape index (κ1) is 19.5. The zero-order valence-corrected chi connectivity index (χ0v) is 16.6. The number of anilines is 1. The van der Waals surface area contributed by atoms with E-state index < -0.39 is 5.97 Å². The minimum atomic E-state index is -0.997. The van der Waals surface area contributed by atoms with Crippen LogP contribution in [-0.2, 0) is 4.79 Å². The molecule has 0 aliphatic heterocycles. The molecule has 152 valence electrons. The first-order chi connectivity index (χ1) is 13.9. The summed E-state index contributed by atoms with van der Waals surface area (Å²) >= 11 is 0. The van der Waals surface area contributed by atoms with Gasteiger partial charge < -0.3 is 15.7 Å². The molecule has 1 unspecified atom stereocenters. The third-order valence-corrected chi connectivity index (χ3v) is 7.23. The van der Waals surface area contributed by atoms with Gasteiger partial charge in [-0.15, -0.1) is 0 Å². The van der Waals surface area contributed by atoms with Gasteiger partial charge in [-0.05, 0) is 92.9 Å². The van der Waals surface area contributed by atoms with Gasteiger partial charge in [-0.3, -0.25) is 4.79 Å². The Balaban J connectivity index is 1.40. The van der Waals surface area contributed by atoms with Gasteiger partial charge in [0.2, 0.25) is 0 Å². The topological polar surface area (TPSA) is 102 Å². The van der Waals surface area contributed by atoms with Gasteiger partial charge in [0.05, 0.1) is 5.56 Å². The number of hydrogen-bond acceptors (Lipinski definition) is 4. The van der Waals surface area contributed by atoms with Crippen molar-refractivity contribution in [2.24, 2.45) is 23.2 Å². The molecule has 4 aliphatic carbocycles. The number of benzene rings is 1. The van der Waals surface area contributed by atoms with E-state index in [1.165, 1.54) is 56.9 Å². The highest BCUT2D eigenvalue weighted by Gasteiger charge is 2.53. The summed E-state index contributed by atoms with van der Waals surface area (Å²) in [5.74, 6) is 1.07. The van der Waals surface area contributed by atoms with Gasteiger partial charge in [-0.1, -0.05) is 0 Å². The number of nitrogens with zero attached hydrogens (tertiary/aromatic N) is 1. The second-order valence-electron chi connectivity index (χ2n) is 9.17. The minimum Gasteiger partial charge on any atom is -0.478 e. The second kappa shape index (κ2) is 7.55. The highest BCUT2D eigenvalue weighted by Crippen LogP contribution is 2.61. The summed E-state index contributed by atoms with van der Waals surface area (Å²) in [6, 6.07) is 8.17. The van der Waals surface area contributed by atoms with Crippen LogP contribution in [0.1, 0.15) is 55.8 Å². The predicted molar refractivity (Wildman–Crippen MR) is 109 cm³/mol. The quantitative estimate of drug-likeness (QED) is 0.502. The van der Waals surface area contributed by atoms with Crippen LogP contribution in [0, 0.1) is 34.5 Å². The summed E-state index contributed by atoms with van der Waals surface area (Å²) < 4.78 is 0. The van der Waals surface area contributed by atoms with E-state index >= 15 is 0 Å². The van der Waals surface area contributed by atoms with Crippen LogP contribution < -0.4 is 10.6 Å². The molecule has 0 heterocycles. The summed E-state index contributed by atoms with van der Waals surface area (Å²) in [6.07, 6.45) is 9.04. The van der Waals surface area contributed by atoms with Crippen LogP contribution in [0.25, 0.3) is 0 Å². The van der Waals surface area contributed by atoms with Gasteiger partial charge in [0.1, 0.15) is 11.6 Å². The van der Waals surface area contributed by atoms with Gasteiger partial charge in [-0.25, -0.2) is 4.79 Å². The average Bonchev–Trinajstić information content (AvgIpc) is 2.67. The molecular formula is C23H27N3O3. The molecule has 0 spiro atoms. The number of carbonyl (C=O) groups excluding carboxylic acids is 1. The third kappa shape index (κ3) is 3.87. The summed E-state index contributed by atoms with van der Waals surface area (Å²) in [5.41, 5.74) is 1.00. The average molecular weight is 393 g/mol. The normalized spacial score (nSPS) is 31.0. The minimum absolute atomic E-state index is 0.0175. The lowest BCUT2D eigenvalue weighted by Gasteiger charge is -2.59. The molecule has 4 bridgehead atoms. The number of amides is 1. The molecule has 6 heteroatoms. The number of carbonyl (C=O) groups is 2. The van der Waals surface area contributed by atoms with E-state index in [-0.39, 0.29) is 28.5 Å². The van der Waals surface area contributed by atoms with E-state index in [1.807, 2.05) is 6.07 Å². The molecule has 1 aromatic rings. The summed E-state index contributed by atoms with van der Waals surface area (Å²) in [7, 11) is 0. The number of aromatic carboxylic acids is 1. The van der Waals surface area contributed by atoms with Crippen molar-refractivity contribution in [3.63, 3.8) is 0 Å². The predicted octanol–water partition coefficient (Wildman–Crippen LogP) is 3.93. The molecule has 3 N–H and O–H groups in total. The largest absolute Gasteiger partial charge is 0.478 e. The fraction of sp³-hybridized carbons (Fsp3) is 0.522. The van der Waals surface area contributed by atoms with Gasteiger partial charge in [0.25, 0.3) is 5.91 Å². The van der Waals surface area contributed by atoms with Crippen LogP contribution in [0.5, 0.6) is 0 Å². The Hall–Kier alpha value is -2.81. The lowest BCUT2D eigenvalue weighted by Crippen LogP contribution is -2.56. The Morgan fingerprint density at radius 3 is 2.17 bits per heavy atom. The van der Waals surface area contributed by atoms with Crippen molar-refractivity contribution >= 4 is 17.6 Å². The standard InChI is InChI=1S/C23H27N3O3/c1-14(23-9-15-6-16(10-23)8-17(7-15)11-23)26-21(27)19(12-24)13-25-20-4-2-18(3-5-20)22(28)29/h2-5,13-17,25H,6-11H2,1H3,(H,26,27)(H,28,29)/b19-13-. The van der Waals surface area contributed by atoms with E-state index in [0.29, 0.717) is 5.69 Å². The molecule has 4 aliphatic rings. The molecule has 29 heavy (non-hydrogen) atoms. The Morgan fingerprint density at radius 2 is 1.69 bits per heavy atom. The smallest absolute Gasteiger partial charge is 0.335 e. The summed E-state index contributed by atoms with van der Waals surface area (Å²) in [4.78, 5) is 23.6. The zero-order chi connectivity index (χ0) is 20.6. The molecule has 1 atom stereocenters. The van der Waals surface area contributed by atoms with Crippen molar-refractivity contribution in [2.45, 2.75) is 51.5 Å². The monoisotopic (exact) mass is 393 g/mol. The first-order valence-corrected chi connectivity index (χ1v) is 10.4. The second-order valence-corrected chi connectivity index (χ2v) is 9.17. The molecule has 4 fully saturated rings. The maximum atomic E-state index is 12.7. The van der Waals surface area contributed by atoms with Gasteiger partial charge in [-0.2, -0.15) is 5.26 Å². The fourth-order valence-electron chi connectivity index (χ4n) is 6.15. The molecule has 1 aromatic carbocycles. The van der Waals surface area contributed by atoms with Crippen molar-refractivity contribution in [1.29, 1.82) is 5.26 Å². The number of nitriles is 1. The molecule has 0 radical (unpaired) electrons. The van der Waals surface area contributed by atoms with Crippen LogP contribution >= 0.6 is 0 Å². The van der Waals surface area contributed by atoms with Gasteiger partial charge >= 0.3 is 5.97 Å². The van der Waals surface area contributed by atoms with Crippen molar-refractivity contribution in [2.75, 3.05) is 5.32 Å². The highest BCUT2D eigenvalue weighted by molar-refractivity contribution is 5.97. The van der Waals surface area contributed by atoms with E-state index in [0.717, 1.165) is 17.8 Å². The van der Waals surface area contributed by atoms with Crippen LogP contribution in [0.15, 0.2) is 36.0 Å². The van der Waals surface area contributed by atoms with Crippen molar-refractivity contribution in [1.82, 2.24) is 5.32 Å².